The fraction of sp³-hybridized carbons (Fsp3) is 0.133. The molecular weight excluding hydrogens is 287 g/mol. The number of anilines is 1. The molecule has 1 heterocycles. The van der Waals surface area contributed by atoms with Crippen molar-refractivity contribution in [3.63, 3.8) is 0 Å². The van der Waals surface area contributed by atoms with Crippen molar-refractivity contribution in [1.29, 1.82) is 0 Å². The van der Waals surface area contributed by atoms with Gasteiger partial charge in [-0.25, -0.2) is 9.18 Å². The second-order valence-corrected chi connectivity index (χ2v) is 4.58. The van der Waals surface area contributed by atoms with Gasteiger partial charge in [0.05, 0.1) is 24.3 Å². The average Bonchev–Trinajstić information content (AvgIpc) is 2.47. The lowest BCUT2D eigenvalue weighted by Gasteiger charge is -2.18. The van der Waals surface area contributed by atoms with E-state index in [1.165, 1.54) is 24.4 Å². The van der Waals surface area contributed by atoms with Crippen LogP contribution in [0.25, 0.3) is 0 Å². The molecule has 4 N–H and O–H groups in total. The molecule has 0 unspecified atom stereocenters. The van der Waals surface area contributed by atoms with Crippen LogP contribution in [0.2, 0.25) is 0 Å². The Labute approximate surface area is 126 Å². The normalized spacial score (nSPS) is 11.5. The lowest BCUT2D eigenvalue weighted by atomic mass is 10.0. The molecule has 22 heavy (non-hydrogen) atoms. The van der Waals surface area contributed by atoms with Crippen molar-refractivity contribution in [3.05, 3.63) is 60.2 Å². The number of halogens is 1. The average molecular weight is 302 g/mol. The van der Waals surface area contributed by atoms with Crippen LogP contribution in [0.4, 0.5) is 14.9 Å². The zero-order valence-electron chi connectivity index (χ0n) is 11.6. The third-order valence-electron chi connectivity index (χ3n) is 2.93. The van der Waals surface area contributed by atoms with Crippen molar-refractivity contribution in [2.45, 2.75) is 12.5 Å². The molecule has 114 valence electrons. The van der Waals surface area contributed by atoms with Crippen LogP contribution in [0.15, 0.2) is 48.8 Å². The van der Waals surface area contributed by atoms with Crippen molar-refractivity contribution < 1.29 is 14.0 Å². The molecule has 0 bridgehead atoms. The zero-order chi connectivity index (χ0) is 15.9. The Balaban J connectivity index is 2.11. The van der Waals surface area contributed by atoms with Gasteiger partial charge in [-0.1, -0.05) is 18.2 Å². The lowest BCUT2D eigenvalue weighted by molar-refractivity contribution is -0.116. The molecule has 0 radical (unpaired) electrons. The number of nitrogens with one attached hydrogen (secondary N) is 2. The smallest absolute Gasteiger partial charge is 0.312 e. The van der Waals surface area contributed by atoms with E-state index in [4.69, 9.17) is 5.73 Å². The van der Waals surface area contributed by atoms with Gasteiger partial charge in [-0.2, -0.15) is 0 Å². The van der Waals surface area contributed by atoms with Gasteiger partial charge >= 0.3 is 6.03 Å². The van der Waals surface area contributed by atoms with Gasteiger partial charge in [0.2, 0.25) is 5.91 Å². The maximum atomic E-state index is 13.8. The summed E-state index contributed by atoms with van der Waals surface area (Å²) in [6, 6.07) is 7.55. The predicted molar refractivity (Wildman–Crippen MR) is 79.3 cm³/mol. The van der Waals surface area contributed by atoms with Gasteiger partial charge in [-0.3, -0.25) is 9.78 Å². The first-order valence-corrected chi connectivity index (χ1v) is 6.56. The van der Waals surface area contributed by atoms with E-state index in [0.717, 1.165) is 0 Å². The first kappa shape index (κ1) is 15.4. The highest BCUT2D eigenvalue weighted by Crippen LogP contribution is 2.20. The minimum absolute atomic E-state index is 0.154. The van der Waals surface area contributed by atoms with Gasteiger partial charge in [0.1, 0.15) is 5.82 Å². The molecule has 0 aliphatic rings. The number of nitrogens with two attached hydrogens (primary N) is 1. The van der Waals surface area contributed by atoms with Crippen LogP contribution in [0.5, 0.6) is 0 Å². The van der Waals surface area contributed by atoms with Crippen molar-refractivity contribution in [2.24, 2.45) is 5.73 Å². The highest BCUT2D eigenvalue weighted by atomic mass is 19.1. The van der Waals surface area contributed by atoms with Gasteiger partial charge in [-0.05, 0) is 18.2 Å². The van der Waals surface area contributed by atoms with Crippen LogP contribution in [0.1, 0.15) is 18.0 Å². The Bertz CT molecular complexity index is 664. The second kappa shape index (κ2) is 7.16. The molecule has 7 heteroatoms. The summed E-state index contributed by atoms with van der Waals surface area (Å²) in [5, 5.41) is 4.99. The lowest BCUT2D eigenvalue weighted by Crippen LogP contribution is -2.35. The molecule has 6 nitrogen and oxygen atoms in total. The van der Waals surface area contributed by atoms with Crippen molar-refractivity contribution in [3.8, 4) is 0 Å². The van der Waals surface area contributed by atoms with Gasteiger partial charge < -0.3 is 16.4 Å². The van der Waals surface area contributed by atoms with Crippen LogP contribution < -0.4 is 16.4 Å². The molecule has 0 saturated heterocycles. The number of pyridine rings is 1. The summed E-state index contributed by atoms with van der Waals surface area (Å²) < 4.78 is 13.8. The summed E-state index contributed by atoms with van der Waals surface area (Å²) in [5.74, 6) is -0.912. The Morgan fingerprint density at radius 3 is 2.64 bits per heavy atom. The number of rotatable bonds is 5. The molecule has 2 rings (SSSR count). The summed E-state index contributed by atoms with van der Waals surface area (Å²) >= 11 is 0. The number of urea groups is 1. The molecule has 1 atom stereocenters. The molecule has 0 fully saturated rings. The van der Waals surface area contributed by atoms with Gasteiger partial charge in [-0.15, -0.1) is 0 Å². The molecule has 1 aromatic carbocycles. The monoisotopic (exact) mass is 302 g/mol. The Hall–Kier alpha value is -2.96. The third kappa shape index (κ3) is 4.27. The van der Waals surface area contributed by atoms with E-state index in [9.17, 15) is 14.0 Å². The Kier molecular flexibility index (Phi) is 5.02. The molecule has 0 saturated carbocycles. The first-order valence-electron chi connectivity index (χ1n) is 6.56. The number of hydrogen-bond donors (Lipinski definition) is 3. The Morgan fingerprint density at radius 1 is 1.23 bits per heavy atom. The van der Waals surface area contributed by atoms with E-state index in [-0.39, 0.29) is 12.0 Å². The highest BCUT2D eigenvalue weighted by molar-refractivity contribution is 5.91. The molecular formula is C15H15FN4O2. The van der Waals surface area contributed by atoms with E-state index >= 15 is 0 Å². The summed E-state index contributed by atoms with van der Waals surface area (Å²) in [7, 11) is 0. The number of nitrogens with zero attached hydrogens (tertiary/aromatic N) is 1. The number of benzene rings is 1. The minimum Gasteiger partial charge on any atom is -0.352 e. The van der Waals surface area contributed by atoms with Gasteiger partial charge in [0.25, 0.3) is 0 Å². The van der Waals surface area contributed by atoms with E-state index in [1.807, 2.05) is 0 Å². The van der Waals surface area contributed by atoms with Crippen molar-refractivity contribution in [1.82, 2.24) is 10.3 Å². The molecule has 0 spiro atoms. The van der Waals surface area contributed by atoms with Crippen LogP contribution in [-0.4, -0.2) is 16.9 Å². The summed E-state index contributed by atoms with van der Waals surface area (Å²) in [6.45, 7) is 0. The quantitative estimate of drug-likeness (QED) is 0.787. The van der Waals surface area contributed by atoms with E-state index in [2.05, 4.69) is 15.6 Å². The fourth-order valence-electron chi connectivity index (χ4n) is 2.00. The van der Waals surface area contributed by atoms with Crippen LogP contribution in [-0.2, 0) is 4.79 Å². The standard InChI is InChI=1S/C15H15FN4O2/c16-12-6-2-1-5-11(12)13(20-15(17)22)8-14(21)19-10-4-3-7-18-9-10/h1-7,9,13H,8H2,(H,19,21)(H3,17,20,22)/t13-/m1/s1. The largest absolute Gasteiger partial charge is 0.352 e. The molecule has 0 aliphatic carbocycles. The zero-order valence-corrected chi connectivity index (χ0v) is 11.6. The van der Waals surface area contributed by atoms with Crippen LogP contribution >= 0.6 is 0 Å². The number of aromatic nitrogens is 1. The maximum Gasteiger partial charge on any atom is 0.312 e. The summed E-state index contributed by atoms with van der Waals surface area (Å²) in [6.07, 6.45) is 2.91. The fourth-order valence-corrected chi connectivity index (χ4v) is 2.00. The maximum absolute atomic E-state index is 13.8. The van der Waals surface area contributed by atoms with Gasteiger partial charge in [0, 0.05) is 11.8 Å². The Morgan fingerprint density at radius 2 is 2.00 bits per heavy atom. The van der Waals surface area contributed by atoms with E-state index in [1.54, 1.807) is 24.4 Å². The number of primary amides is 1. The molecule has 3 amide bonds. The number of amides is 3. The third-order valence-corrected chi connectivity index (χ3v) is 2.93. The van der Waals surface area contributed by atoms with E-state index in [0.29, 0.717) is 5.69 Å². The first-order chi connectivity index (χ1) is 10.6. The number of carbonyl (C=O) groups excluding carboxylic acids is 2. The molecule has 2 aromatic rings. The molecule has 1 aromatic heterocycles. The minimum atomic E-state index is -0.852. The predicted octanol–water partition coefficient (Wildman–Crippen LogP) is 1.96. The number of hydrogen-bond acceptors (Lipinski definition) is 3. The van der Waals surface area contributed by atoms with Crippen molar-refractivity contribution in [2.75, 3.05) is 5.32 Å². The summed E-state index contributed by atoms with van der Waals surface area (Å²) in [4.78, 5) is 27.0. The molecule has 0 aliphatic heterocycles. The SMILES string of the molecule is NC(=O)N[C@H](CC(=O)Nc1cccnc1)c1ccccc1F. The topological polar surface area (TPSA) is 97.1 Å². The van der Waals surface area contributed by atoms with Gasteiger partial charge in [0.15, 0.2) is 0 Å². The van der Waals surface area contributed by atoms with E-state index < -0.39 is 23.8 Å². The highest BCUT2D eigenvalue weighted by Gasteiger charge is 2.20. The van der Waals surface area contributed by atoms with Crippen molar-refractivity contribution >= 4 is 17.6 Å². The van der Waals surface area contributed by atoms with Crippen LogP contribution in [0, 0.1) is 5.82 Å². The summed E-state index contributed by atoms with van der Waals surface area (Å²) in [5.41, 5.74) is 5.80. The van der Waals surface area contributed by atoms with Crippen LogP contribution in [0.3, 0.4) is 0 Å². The number of carbonyl (C=O) groups is 2. The second-order valence-electron chi connectivity index (χ2n) is 4.58.